The van der Waals surface area contributed by atoms with Gasteiger partial charge in [0.05, 0.1) is 0 Å². The minimum Gasteiger partial charge on any atom is -0.462 e. The molecular weight excluding hydrogens is 889 g/mol. The van der Waals surface area contributed by atoms with E-state index in [1.807, 2.05) is 0 Å². The Morgan fingerprint density at radius 1 is 0.278 bits per heavy atom. The first kappa shape index (κ1) is 69.1. The lowest BCUT2D eigenvalue weighted by atomic mass is 10.1. The van der Waals surface area contributed by atoms with Gasteiger partial charge in [0.2, 0.25) is 0 Å². The zero-order valence-electron chi connectivity index (χ0n) is 47.9. The van der Waals surface area contributed by atoms with Crippen molar-refractivity contribution in [3.05, 3.63) is 60.8 Å². The SMILES string of the molecule is CCCCCCC/C=C\C/C=C\C/C=C\CCCCCCCCCCC(=O)OCC(COC(=O)CCCCCCCCCCCC)OC(=O)CCCCCCCCCCC/C=C\C/C=C\CCCCCCC. The summed E-state index contributed by atoms with van der Waals surface area (Å²) < 4.78 is 16.9. The number of rotatable bonds is 57. The van der Waals surface area contributed by atoms with Crippen molar-refractivity contribution in [3.8, 4) is 0 Å². The van der Waals surface area contributed by atoms with Crippen molar-refractivity contribution in [3.63, 3.8) is 0 Å². The number of ether oxygens (including phenoxy) is 3. The smallest absolute Gasteiger partial charge is 0.306 e. The Morgan fingerprint density at radius 2 is 0.500 bits per heavy atom. The Kier molecular flexibility index (Phi) is 58.2. The van der Waals surface area contributed by atoms with Crippen molar-refractivity contribution in [2.75, 3.05) is 13.2 Å². The van der Waals surface area contributed by atoms with E-state index in [0.717, 1.165) is 83.5 Å². The summed E-state index contributed by atoms with van der Waals surface area (Å²) in [4.78, 5) is 38.2. The zero-order chi connectivity index (χ0) is 52.2. The summed E-state index contributed by atoms with van der Waals surface area (Å²) in [6, 6.07) is 0. The van der Waals surface area contributed by atoms with Crippen LogP contribution in [0.2, 0.25) is 0 Å². The van der Waals surface area contributed by atoms with Gasteiger partial charge >= 0.3 is 17.9 Å². The second-order valence-corrected chi connectivity index (χ2v) is 21.0. The molecule has 0 aliphatic rings. The van der Waals surface area contributed by atoms with Crippen LogP contribution in [0.25, 0.3) is 0 Å². The maximum atomic E-state index is 12.9. The summed E-state index contributed by atoms with van der Waals surface area (Å²) in [5.41, 5.74) is 0. The molecule has 0 N–H and O–H groups in total. The molecule has 0 fully saturated rings. The molecule has 0 saturated heterocycles. The van der Waals surface area contributed by atoms with Gasteiger partial charge in [-0.2, -0.15) is 0 Å². The molecule has 418 valence electrons. The largest absolute Gasteiger partial charge is 0.462 e. The molecule has 6 nitrogen and oxygen atoms in total. The van der Waals surface area contributed by atoms with Gasteiger partial charge in [0.25, 0.3) is 0 Å². The standard InChI is InChI=1S/C66H118O6/c1-4-7-10-13-16-19-22-24-26-28-30-32-33-35-36-38-40-42-44-47-50-53-56-59-65(68)71-62-63(61-70-64(67)58-55-52-49-46-21-18-15-12-9-6-3)72-66(69)60-57-54-51-48-45-43-41-39-37-34-31-29-27-25-23-20-17-14-11-8-5-2/h22-25,28-31,33,35,63H,4-21,26-27,32,34,36-62H2,1-3H3/b24-22-,25-23-,30-28-,31-29-,35-33-. The fourth-order valence-electron chi connectivity index (χ4n) is 9.01. The lowest BCUT2D eigenvalue weighted by Crippen LogP contribution is -2.30. The molecule has 0 aliphatic carbocycles. The first-order valence-corrected chi connectivity index (χ1v) is 31.3. The van der Waals surface area contributed by atoms with Crippen LogP contribution in [0.4, 0.5) is 0 Å². The molecule has 0 aliphatic heterocycles. The van der Waals surface area contributed by atoms with Crippen LogP contribution in [0, 0.1) is 0 Å². The van der Waals surface area contributed by atoms with Gasteiger partial charge in [-0.15, -0.1) is 0 Å². The molecule has 0 heterocycles. The number of hydrogen-bond acceptors (Lipinski definition) is 6. The summed E-state index contributed by atoms with van der Waals surface area (Å²) in [6.45, 7) is 6.63. The van der Waals surface area contributed by atoms with Gasteiger partial charge in [-0.05, 0) is 89.9 Å². The van der Waals surface area contributed by atoms with Gasteiger partial charge in [-0.1, -0.05) is 274 Å². The van der Waals surface area contributed by atoms with Crippen molar-refractivity contribution in [1.82, 2.24) is 0 Å². The number of carbonyl (C=O) groups excluding carboxylic acids is 3. The molecule has 1 atom stereocenters. The Labute approximate surface area is 447 Å². The molecule has 0 aromatic heterocycles. The summed E-state index contributed by atoms with van der Waals surface area (Å²) in [6.07, 6.45) is 76.5. The van der Waals surface area contributed by atoms with Crippen molar-refractivity contribution < 1.29 is 28.6 Å². The van der Waals surface area contributed by atoms with Crippen LogP contribution < -0.4 is 0 Å². The molecular formula is C66H118O6. The van der Waals surface area contributed by atoms with Crippen LogP contribution in [0.3, 0.4) is 0 Å². The molecule has 1 unspecified atom stereocenters. The van der Waals surface area contributed by atoms with E-state index < -0.39 is 6.10 Å². The molecule has 0 saturated carbocycles. The van der Waals surface area contributed by atoms with Crippen molar-refractivity contribution in [2.45, 2.75) is 329 Å². The number of hydrogen-bond donors (Lipinski definition) is 0. The molecule has 6 heteroatoms. The van der Waals surface area contributed by atoms with Gasteiger partial charge in [0.1, 0.15) is 13.2 Å². The van der Waals surface area contributed by atoms with E-state index in [1.54, 1.807) is 0 Å². The summed E-state index contributed by atoms with van der Waals surface area (Å²) >= 11 is 0. The molecule has 0 aromatic rings. The topological polar surface area (TPSA) is 78.9 Å². The second kappa shape index (κ2) is 60.7. The van der Waals surface area contributed by atoms with Crippen LogP contribution in [0.5, 0.6) is 0 Å². The lowest BCUT2D eigenvalue weighted by molar-refractivity contribution is -0.167. The quantitative estimate of drug-likeness (QED) is 0.0261. The predicted molar refractivity (Wildman–Crippen MR) is 312 cm³/mol. The highest BCUT2D eigenvalue weighted by Gasteiger charge is 2.19. The van der Waals surface area contributed by atoms with Crippen LogP contribution in [-0.4, -0.2) is 37.2 Å². The third-order valence-corrected chi connectivity index (χ3v) is 13.7. The molecule has 0 spiro atoms. The average Bonchev–Trinajstić information content (AvgIpc) is 3.38. The van der Waals surface area contributed by atoms with Gasteiger partial charge in [-0.25, -0.2) is 0 Å². The van der Waals surface area contributed by atoms with Crippen LogP contribution in [-0.2, 0) is 28.6 Å². The Morgan fingerprint density at radius 3 is 0.778 bits per heavy atom. The molecule has 0 radical (unpaired) electrons. The van der Waals surface area contributed by atoms with Crippen molar-refractivity contribution in [1.29, 1.82) is 0 Å². The monoisotopic (exact) mass is 1010 g/mol. The van der Waals surface area contributed by atoms with Gasteiger partial charge in [0.15, 0.2) is 6.10 Å². The maximum Gasteiger partial charge on any atom is 0.306 e. The fraction of sp³-hybridized carbons (Fsp3) is 0.803. The van der Waals surface area contributed by atoms with E-state index in [4.69, 9.17) is 14.2 Å². The Bertz CT molecular complexity index is 1290. The van der Waals surface area contributed by atoms with E-state index in [2.05, 4.69) is 81.5 Å². The highest BCUT2D eigenvalue weighted by molar-refractivity contribution is 5.71. The number of esters is 3. The molecule has 0 rings (SSSR count). The summed E-state index contributed by atoms with van der Waals surface area (Å²) in [7, 11) is 0. The van der Waals surface area contributed by atoms with E-state index in [9.17, 15) is 14.4 Å². The number of carbonyl (C=O) groups is 3. The predicted octanol–water partition coefficient (Wildman–Crippen LogP) is 21.2. The second-order valence-electron chi connectivity index (χ2n) is 21.0. The zero-order valence-corrected chi connectivity index (χ0v) is 47.9. The van der Waals surface area contributed by atoms with Crippen LogP contribution in [0.15, 0.2) is 60.8 Å². The Hall–Kier alpha value is -2.89. The highest BCUT2D eigenvalue weighted by Crippen LogP contribution is 2.16. The third-order valence-electron chi connectivity index (χ3n) is 13.7. The maximum absolute atomic E-state index is 12.9. The van der Waals surface area contributed by atoms with E-state index in [1.165, 1.54) is 199 Å². The first-order valence-electron chi connectivity index (χ1n) is 31.3. The fourth-order valence-corrected chi connectivity index (χ4v) is 9.01. The molecule has 0 bridgehead atoms. The molecule has 72 heavy (non-hydrogen) atoms. The average molecular weight is 1010 g/mol. The summed E-state index contributed by atoms with van der Waals surface area (Å²) in [5, 5.41) is 0. The summed E-state index contributed by atoms with van der Waals surface area (Å²) in [5.74, 6) is -0.875. The number of unbranched alkanes of at least 4 members (excludes halogenated alkanes) is 36. The van der Waals surface area contributed by atoms with Gasteiger partial charge in [0, 0.05) is 19.3 Å². The van der Waals surface area contributed by atoms with E-state index >= 15 is 0 Å². The number of allylic oxidation sites excluding steroid dienone is 10. The first-order chi connectivity index (χ1) is 35.5. The lowest BCUT2D eigenvalue weighted by Gasteiger charge is -2.18. The van der Waals surface area contributed by atoms with Gasteiger partial charge in [-0.3, -0.25) is 14.4 Å². The Balaban J connectivity index is 4.28. The normalized spacial score (nSPS) is 12.4. The third kappa shape index (κ3) is 58.0. The minimum atomic E-state index is -0.778. The van der Waals surface area contributed by atoms with Crippen LogP contribution in [0.1, 0.15) is 323 Å². The van der Waals surface area contributed by atoms with E-state index in [-0.39, 0.29) is 31.1 Å². The minimum absolute atomic E-state index is 0.0758. The van der Waals surface area contributed by atoms with Crippen molar-refractivity contribution >= 4 is 17.9 Å². The van der Waals surface area contributed by atoms with Gasteiger partial charge < -0.3 is 14.2 Å². The molecule has 0 amide bonds. The van der Waals surface area contributed by atoms with Crippen molar-refractivity contribution in [2.24, 2.45) is 0 Å². The highest BCUT2D eigenvalue weighted by atomic mass is 16.6. The van der Waals surface area contributed by atoms with E-state index in [0.29, 0.717) is 19.3 Å². The molecule has 0 aromatic carbocycles. The van der Waals surface area contributed by atoms with Crippen LogP contribution >= 0.6 is 0 Å².